The summed E-state index contributed by atoms with van der Waals surface area (Å²) in [4.78, 5) is 26.8. The predicted molar refractivity (Wildman–Crippen MR) is 111 cm³/mol. The lowest BCUT2D eigenvalue weighted by Crippen LogP contribution is -2.46. The first-order valence-corrected chi connectivity index (χ1v) is 10.0. The standard InChI is InChI=1S/C23H27FN2O4/c1-29-20-8-7-17(15-21(20)30-2)23(28)26-12-10-19(11-13-26)25-22(27)9-6-16-4-3-5-18(24)14-16/h3-5,7-8,14-15,19H,6,9-13H2,1-2H3,(H,25,27). The van der Waals surface area contributed by atoms with Crippen molar-refractivity contribution < 1.29 is 23.5 Å². The van der Waals surface area contributed by atoms with Crippen LogP contribution in [0.25, 0.3) is 0 Å². The van der Waals surface area contributed by atoms with Crippen LogP contribution in [-0.2, 0) is 11.2 Å². The lowest BCUT2D eigenvalue weighted by Gasteiger charge is -2.32. The number of carbonyl (C=O) groups excluding carboxylic acids is 2. The van der Waals surface area contributed by atoms with Crippen LogP contribution in [0.2, 0.25) is 0 Å². The van der Waals surface area contributed by atoms with Gasteiger partial charge in [0.2, 0.25) is 5.91 Å². The van der Waals surface area contributed by atoms with Crippen molar-refractivity contribution in [2.75, 3.05) is 27.3 Å². The molecule has 0 spiro atoms. The van der Waals surface area contributed by atoms with Crippen molar-refractivity contribution in [3.63, 3.8) is 0 Å². The summed E-state index contributed by atoms with van der Waals surface area (Å²) in [6.45, 7) is 1.14. The Balaban J connectivity index is 1.47. The zero-order valence-corrected chi connectivity index (χ0v) is 17.3. The Morgan fingerprint density at radius 2 is 1.80 bits per heavy atom. The summed E-state index contributed by atoms with van der Waals surface area (Å²) >= 11 is 0. The zero-order valence-electron chi connectivity index (χ0n) is 17.3. The molecule has 3 rings (SSSR count). The second-order valence-electron chi connectivity index (χ2n) is 7.33. The van der Waals surface area contributed by atoms with Gasteiger partial charge in [0.25, 0.3) is 5.91 Å². The average Bonchev–Trinajstić information content (AvgIpc) is 2.77. The van der Waals surface area contributed by atoms with Crippen molar-refractivity contribution in [3.8, 4) is 11.5 Å². The van der Waals surface area contributed by atoms with E-state index in [0.29, 0.717) is 55.8 Å². The van der Waals surface area contributed by atoms with Crippen molar-refractivity contribution in [2.24, 2.45) is 0 Å². The molecule has 2 amide bonds. The molecule has 30 heavy (non-hydrogen) atoms. The van der Waals surface area contributed by atoms with Crippen molar-refractivity contribution in [1.29, 1.82) is 0 Å². The van der Waals surface area contributed by atoms with E-state index in [9.17, 15) is 14.0 Å². The number of benzene rings is 2. The lowest BCUT2D eigenvalue weighted by molar-refractivity contribution is -0.122. The third-order valence-electron chi connectivity index (χ3n) is 5.31. The van der Waals surface area contributed by atoms with E-state index in [1.165, 1.54) is 19.2 Å². The van der Waals surface area contributed by atoms with Crippen LogP contribution in [0.1, 0.15) is 35.2 Å². The minimum absolute atomic E-state index is 0.0412. The minimum Gasteiger partial charge on any atom is -0.493 e. The molecule has 1 N–H and O–H groups in total. The van der Waals surface area contributed by atoms with Crippen LogP contribution in [0, 0.1) is 5.82 Å². The van der Waals surface area contributed by atoms with Gasteiger partial charge in [-0.05, 0) is 55.2 Å². The number of hydrogen-bond acceptors (Lipinski definition) is 4. The van der Waals surface area contributed by atoms with Gasteiger partial charge in [0, 0.05) is 31.1 Å². The van der Waals surface area contributed by atoms with E-state index in [4.69, 9.17) is 9.47 Å². The van der Waals surface area contributed by atoms with Gasteiger partial charge in [0.05, 0.1) is 14.2 Å². The largest absolute Gasteiger partial charge is 0.493 e. The zero-order chi connectivity index (χ0) is 21.5. The Morgan fingerprint density at radius 3 is 2.47 bits per heavy atom. The first-order valence-electron chi connectivity index (χ1n) is 10.0. The van der Waals surface area contributed by atoms with Crippen LogP contribution in [0.4, 0.5) is 4.39 Å². The highest BCUT2D eigenvalue weighted by Gasteiger charge is 2.25. The fourth-order valence-corrected chi connectivity index (χ4v) is 3.63. The fourth-order valence-electron chi connectivity index (χ4n) is 3.63. The summed E-state index contributed by atoms with van der Waals surface area (Å²) in [5.41, 5.74) is 1.35. The quantitative estimate of drug-likeness (QED) is 0.756. The van der Waals surface area contributed by atoms with E-state index in [1.54, 1.807) is 36.3 Å². The van der Waals surface area contributed by atoms with Crippen molar-refractivity contribution in [3.05, 3.63) is 59.4 Å². The number of hydrogen-bond donors (Lipinski definition) is 1. The number of aryl methyl sites for hydroxylation is 1. The molecular formula is C23H27FN2O4. The SMILES string of the molecule is COc1ccc(C(=O)N2CCC(NC(=O)CCc3cccc(F)c3)CC2)cc1OC. The summed E-state index contributed by atoms with van der Waals surface area (Å²) in [6.07, 6.45) is 2.21. The van der Waals surface area contributed by atoms with Crippen LogP contribution in [-0.4, -0.2) is 50.1 Å². The molecule has 2 aromatic carbocycles. The van der Waals surface area contributed by atoms with E-state index in [-0.39, 0.29) is 23.7 Å². The summed E-state index contributed by atoms with van der Waals surface area (Å²) in [5.74, 6) is 0.688. The van der Waals surface area contributed by atoms with Crippen molar-refractivity contribution >= 4 is 11.8 Å². The molecule has 1 saturated heterocycles. The molecule has 0 atom stereocenters. The van der Waals surface area contributed by atoms with Gasteiger partial charge in [0.1, 0.15) is 5.82 Å². The highest BCUT2D eigenvalue weighted by atomic mass is 19.1. The molecule has 0 aromatic heterocycles. The number of rotatable bonds is 7. The maximum Gasteiger partial charge on any atom is 0.253 e. The molecule has 0 saturated carbocycles. The Kier molecular flexibility index (Phi) is 7.27. The van der Waals surface area contributed by atoms with Gasteiger partial charge >= 0.3 is 0 Å². The maximum absolute atomic E-state index is 13.2. The second kappa shape index (κ2) is 10.1. The van der Waals surface area contributed by atoms with Crippen LogP contribution < -0.4 is 14.8 Å². The summed E-state index contributed by atoms with van der Waals surface area (Å²) in [7, 11) is 3.09. The van der Waals surface area contributed by atoms with Gasteiger partial charge < -0.3 is 19.7 Å². The van der Waals surface area contributed by atoms with E-state index in [2.05, 4.69) is 5.32 Å². The van der Waals surface area contributed by atoms with Crippen LogP contribution in [0.15, 0.2) is 42.5 Å². The van der Waals surface area contributed by atoms with E-state index >= 15 is 0 Å². The molecule has 1 fully saturated rings. The predicted octanol–water partition coefficient (Wildman–Crippen LogP) is 3.20. The number of amides is 2. The third kappa shape index (κ3) is 5.49. The lowest BCUT2D eigenvalue weighted by atomic mass is 10.0. The average molecular weight is 414 g/mol. The van der Waals surface area contributed by atoms with Gasteiger partial charge in [-0.2, -0.15) is 0 Å². The number of carbonyl (C=O) groups is 2. The van der Waals surface area contributed by atoms with Crippen molar-refractivity contribution in [2.45, 2.75) is 31.7 Å². The van der Waals surface area contributed by atoms with Gasteiger partial charge in [-0.25, -0.2) is 4.39 Å². The summed E-state index contributed by atoms with van der Waals surface area (Å²) < 4.78 is 23.7. The number of halogens is 1. The normalized spacial score (nSPS) is 14.3. The molecule has 0 aliphatic carbocycles. The van der Waals surface area contributed by atoms with Crippen LogP contribution in [0.3, 0.4) is 0 Å². The third-order valence-corrected chi connectivity index (χ3v) is 5.31. The highest BCUT2D eigenvalue weighted by molar-refractivity contribution is 5.95. The minimum atomic E-state index is -0.292. The molecule has 7 heteroatoms. The van der Waals surface area contributed by atoms with Gasteiger partial charge in [0.15, 0.2) is 11.5 Å². The van der Waals surface area contributed by atoms with Crippen LogP contribution >= 0.6 is 0 Å². The smallest absolute Gasteiger partial charge is 0.253 e. The molecule has 160 valence electrons. The number of nitrogens with zero attached hydrogens (tertiary/aromatic N) is 1. The molecule has 6 nitrogen and oxygen atoms in total. The Labute approximate surface area is 176 Å². The second-order valence-corrected chi connectivity index (χ2v) is 7.33. The molecule has 0 unspecified atom stereocenters. The number of likely N-dealkylation sites (tertiary alicyclic amines) is 1. The van der Waals surface area contributed by atoms with Gasteiger partial charge in [-0.1, -0.05) is 12.1 Å². The van der Waals surface area contributed by atoms with E-state index < -0.39 is 0 Å². The number of methoxy groups -OCH3 is 2. The topological polar surface area (TPSA) is 67.9 Å². The molecule has 1 aliphatic heterocycles. The fraction of sp³-hybridized carbons (Fsp3) is 0.391. The first kappa shape index (κ1) is 21.6. The Hall–Kier alpha value is -3.09. The Morgan fingerprint density at radius 1 is 1.07 bits per heavy atom. The van der Waals surface area contributed by atoms with Crippen LogP contribution in [0.5, 0.6) is 11.5 Å². The molecule has 0 bridgehead atoms. The highest BCUT2D eigenvalue weighted by Crippen LogP contribution is 2.28. The maximum atomic E-state index is 13.2. The number of piperidine rings is 1. The van der Waals surface area contributed by atoms with Gasteiger partial charge in [-0.3, -0.25) is 9.59 Å². The number of nitrogens with one attached hydrogen (secondary N) is 1. The molecule has 2 aromatic rings. The van der Waals surface area contributed by atoms with Crippen molar-refractivity contribution in [1.82, 2.24) is 10.2 Å². The summed E-state index contributed by atoms with van der Waals surface area (Å²) in [6, 6.07) is 11.5. The molecule has 1 aliphatic rings. The first-order chi connectivity index (χ1) is 14.5. The summed E-state index contributed by atoms with van der Waals surface area (Å²) in [5, 5.41) is 3.03. The van der Waals surface area contributed by atoms with E-state index in [0.717, 1.165) is 5.56 Å². The molecule has 0 radical (unpaired) electrons. The van der Waals surface area contributed by atoms with E-state index in [1.807, 2.05) is 6.07 Å². The number of ether oxygens (including phenoxy) is 2. The Bertz CT molecular complexity index is 895. The van der Waals surface area contributed by atoms with Gasteiger partial charge in [-0.15, -0.1) is 0 Å². The molecular weight excluding hydrogens is 387 g/mol. The molecule has 1 heterocycles. The monoisotopic (exact) mass is 414 g/mol.